The highest BCUT2D eigenvalue weighted by molar-refractivity contribution is 6.17. The van der Waals surface area contributed by atoms with E-state index in [-0.39, 0.29) is 23.1 Å². The van der Waals surface area contributed by atoms with Crippen LogP contribution in [0.3, 0.4) is 0 Å². The molecule has 4 nitrogen and oxygen atoms in total. The van der Waals surface area contributed by atoms with Crippen LogP contribution >= 0.6 is 0 Å². The fraction of sp³-hybridized carbons (Fsp3) is 0. The average molecular weight is 456 g/mol. The predicted octanol–water partition coefficient (Wildman–Crippen LogP) is 6.73. The zero-order chi connectivity index (χ0) is 24.0. The summed E-state index contributed by atoms with van der Waals surface area (Å²) in [5, 5.41) is 0. The van der Waals surface area contributed by atoms with Crippen LogP contribution in [-0.2, 0) is 0 Å². The molecule has 0 aliphatic carbocycles. The summed E-state index contributed by atoms with van der Waals surface area (Å²) in [7, 11) is 0. The third-order valence-corrected chi connectivity index (χ3v) is 5.55. The van der Waals surface area contributed by atoms with Gasteiger partial charge >= 0.3 is 0 Å². The van der Waals surface area contributed by atoms with Crippen molar-refractivity contribution < 1.29 is 14.0 Å². The number of hydrogen-bond donors (Lipinski definition) is 0. The summed E-state index contributed by atoms with van der Waals surface area (Å²) in [6.45, 7) is 0. The van der Waals surface area contributed by atoms with Crippen molar-refractivity contribution in [3.63, 3.8) is 0 Å². The average Bonchev–Trinajstić information content (AvgIpc) is 3.38. The summed E-state index contributed by atoms with van der Waals surface area (Å²) in [6, 6.07) is 37.0. The Morgan fingerprint density at radius 1 is 0.571 bits per heavy atom. The zero-order valence-electron chi connectivity index (χ0n) is 18.8. The van der Waals surface area contributed by atoms with E-state index in [1.54, 1.807) is 48.5 Å². The Morgan fingerprint density at radius 2 is 1.03 bits per heavy atom. The van der Waals surface area contributed by atoms with E-state index in [9.17, 15) is 9.59 Å². The smallest absolute Gasteiger partial charge is 0.230 e. The van der Waals surface area contributed by atoms with E-state index in [1.165, 1.54) is 0 Å². The third-order valence-electron chi connectivity index (χ3n) is 5.55. The lowest BCUT2D eigenvalue weighted by molar-refractivity contribution is 0.0982. The molecule has 0 fully saturated rings. The van der Waals surface area contributed by atoms with Gasteiger partial charge in [-0.15, -0.1) is 0 Å². The lowest BCUT2D eigenvalue weighted by Crippen LogP contribution is -2.10. The molecule has 1 aromatic heterocycles. The first-order valence-corrected chi connectivity index (χ1v) is 11.2. The molecule has 0 unspecified atom stereocenters. The van der Waals surface area contributed by atoms with Crippen LogP contribution in [0.4, 0.5) is 0 Å². The molecule has 35 heavy (non-hydrogen) atoms. The summed E-state index contributed by atoms with van der Waals surface area (Å²) >= 11 is 0. The van der Waals surface area contributed by atoms with Crippen molar-refractivity contribution in [3.8, 4) is 0 Å². The van der Waals surface area contributed by atoms with Gasteiger partial charge in [0.25, 0.3) is 0 Å². The highest BCUT2D eigenvalue weighted by Gasteiger charge is 2.28. The maximum atomic E-state index is 13.4. The van der Waals surface area contributed by atoms with E-state index in [0.29, 0.717) is 16.7 Å². The molecule has 0 saturated carbocycles. The second kappa shape index (κ2) is 9.98. The summed E-state index contributed by atoms with van der Waals surface area (Å²) in [4.78, 5) is 31.5. The molecule has 0 bridgehead atoms. The van der Waals surface area contributed by atoms with Gasteiger partial charge in [0.1, 0.15) is 0 Å². The van der Waals surface area contributed by atoms with E-state index in [2.05, 4.69) is 4.98 Å². The Bertz CT molecular complexity index is 1420. The lowest BCUT2D eigenvalue weighted by atomic mass is 10.0. The molecule has 0 aliphatic rings. The Morgan fingerprint density at radius 3 is 1.57 bits per heavy atom. The van der Waals surface area contributed by atoms with Crippen LogP contribution in [0.25, 0.3) is 11.6 Å². The molecule has 0 spiro atoms. The molecule has 1 heterocycles. The van der Waals surface area contributed by atoms with Gasteiger partial charge in [0, 0.05) is 16.7 Å². The van der Waals surface area contributed by atoms with Gasteiger partial charge < -0.3 is 4.42 Å². The molecule has 168 valence electrons. The molecular weight excluding hydrogens is 434 g/mol. The molecule has 4 heteroatoms. The van der Waals surface area contributed by atoms with Crippen LogP contribution in [-0.4, -0.2) is 16.6 Å². The van der Waals surface area contributed by atoms with Gasteiger partial charge in [-0.25, -0.2) is 4.98 Å². The van der Waals surface area contributed by atoms with Crippen molar-refractivity contribution in [2.75, 3.05) is 0 Å². The van der Waals surface area contributed by atoms with Gasteiger partial charge in [0.15, 0.2) is 5.69 Å². The molecule has 0 amide bonds. The van der Waals surface area contributed by atoms with Crippen molar-refractivity contribution in [1.29, 1.82) is 0 Å². The second-order valence-electron chi connectivity index (χ2n) is 7.92. The van der Waals surface area contributed by atoms with Gasteiger partial charge in [-0.2, -0.15) is 0 Å². The van der Waals surface area contributed by atoms with Crippen LogP contribution in [0, 0.1) is 0 Å². The fourth-order valence-electron chi connectivity index (χ4n) is 3.79. The van der Waals surface area contributed by atoms with Crippen LogP contribution in [0.15, 0.2) is 126 Å². The van der Waals surface area contributed by atoms with Gasteiger partial charge in [0.2, 0.25) is 23.2 Å². The maximum absolute atomic E-state index is 13.4. The highest BCUT2D eigenvalue weighted by Crippen LogP contribution is 2.29. The standard InChI is InChI=1S/C31H21NO3/c33-28(24-17-9-3-10-18-24)27-30(29(34)25-19-11-4-12-20-25)35-31(32-27)26(23-15-7-2-8-16-23)21-22-13-5-1-6-14-22/h1-21H. The summed E-state index contributed by atoms with van der Waals surface area (Å²) in [5.41, 5.74) is 3.32. The van der Waals surface area contributed by atoms with Crippen LogP contribution in [0.2, 0.25) is 0 Å². The van der Waals surface area contributed by atoms with Gasteiger partial charge in [-0.1, -0.05) is 121 Å². The molecule has 5 aromatic rings. The molecule has 0 N–H and O–H groups in total. The number of carbonyl (C=O) groups excluding carboxylic acids is 2. The number of aromatic nitrogens is 1. The fourth-order valence-corrected chi connectivity index (χ4v) is 3.79. The number of nitrogens with zero attached hydrogens (tertiary/aromatic N) is 1. The third kappa shape index (κ3) is 4.77. The Labute approximate surface area is 203 Å². The largest absolute Gasteiger partial charge is 0.432 e. The summed E-state index contributed by atoms with van der Waals surface area (Å²) in [6.07, 6.45) is 1.94. The normalized spacial score (nSPS) is 11.3. The number of carbonyl (C=O) groups is 2. The van der Waals surface area contributed by atoms with E-state index in [1.807, 2.05) is 78.9 Å². The minimum atomic E-state index is -0.393. The van der Waals surface area contributed by atoms with E-state index in [0.717, 1.165) is 11.1 Å². The zero-order valence-corrected chi connectivity index (χ0v) is 18.8. The van der Waals surface area contributed by atoms with Crippen molar-refractivity contribution in [3.05, 3.63) is 161 Å². The van der Waals surface area contributed by atoms with Gasteiger partial charge in [0.05, 0.1) is 0 Å². The van der Waals surface area contributed by atoms with Crippen LogP contribution < -0.4 is 0 Å². The monoisotopic (exact) mass is 455 g/mol. The molecule has 0 saturated heterocycles. The van der Waals surface area contributed by atoms with Crippen molar-refractivity contribution >= 4 is 23.2 Å². The number of benzene rings is 4. The van der Waals surface area contributed by atoms with Crippen molar-refractivity contribution in [2.45, 2.75) is 0 Å². The Hall–Kier alpha value is -4.83. The minimum absolute atomic E-state index is 0.00468. The molecular formula is C31H21NO3. The van der Waals surface area contributed by atoms with Crippen molar-refractivity contribution in [1.82, 2.24) is 4.98 Å². The van der Waals surface area contributed by atoms with Crippen LogP contribution in [0.1, 0.15) is 49.2 Å². The summed E-state index contributed by atoms with van der Waals surface area (Å²) < 4.78 is 6.11. The summed E-state index contributed by atoms with van der Waals surface area (Å²) in [5.74, 6) is -0.628. The quantitative estimate of drug-likeness (QED) is 0.202. The number of ketones is 2. The first-order valence-electron chi connectivity index (χ1n) is 11.2. The molecule has 0 atom stereocenters. The first-order chi connectivity index (χ1) is 17.2. The van der Waals surface area contributed by atoms with Gasteiger partial charge in [-0.3, -0.25) is 9.59 Å². The lowest BCUT2D eigenvalue weighted by Gasteiger charge is -2.04. The maximum Gasteiger partial charge on any atom is 0.230 e. The highest BCUT2D eigenvalue weighted by atomic mass is 16.4. The van der Waals surface area contributed by atoms with Crippen molar-refractivity contribution in [2.24, 2.45) is 0 Å². The number of hydrogen-bond acceptors (Lipinski definition) is 4. The Kier molecular flexibility index (Phi) is 6.27. The number of rotatable bonds is 7. The van der Waals surface area contributed by atoms with E-state index >= 15 is 0 Å². The molecule has 0 aliphatic heterocycles. The number of oxazole rings is 1. The second-order valence-corrected chi connectivity index (χ2v) is 7.92. The van der Waals surface area contributed by atoms with Gasteiger partial charge in [-0.05, 0) is 17.2 Å². The Balaban J connectivity index is 1.69. The molecule has 5 rings (SSSR count). The topological polar surface area (TPSA) is 60.2 Å². The SMILES string of the molecule is O=C(c1ccccc1)c1nc(C(=Cc2ccccc2)c2ccccc2)oc1C(=O)c1ccccc1. The first kappa shape index (κ1) is 22.0. The molecule has 4 aromatic carbocycles. The molecule has 0 radical (unpaired) electrons. The van der Waals surface area contributed by atoms with E-state index < -0.39 is 5.78 Å². The minimum Gasteiger partial charge on any atom is -0.432 e. The van der Waals surface area contributed by atoms with E-state index in [4.69, 9.17) is 4.42 Å². The predicted molar refractivity (Wildman–Crippen MR) is 136 cm³/mol. The van der Waals surface area contributed by atoms with Crippen LogP contribution in [0.5, 0.6) is 0 Å².